The number of carboxylic acids is 1. The second-order valence-corrected chi connectivity index (χ2v) is 5.81. The Hall–Kier alpha value is -1.34. The van der Waals surface area contributed by atoms with Crippen molar-refractivity contribution >= 4 is 12.0 Å². The van der Waals surface area contributed by atoms with Gasteiger partial charge in [0.15, 0.2) is 0 Å². The van der Waals surface area contributed by atoms with Crippen LogP contribution in [0.15, 0.2) is 0 Å². The first kappa shape index (κ1) is 16.0. The quantitative estimate of drug-likeness (QED) is 0.669. The van der Waals surface area contributed by atoms with Crippen molar-refractivity contribution in [3.63, 3.8) is 0 Å². The lowest BCUT2D eigenvalue weighted by molar-refractivity contribution is -0.139. The zero-order valence-corrected chi connectivity index (χ0v) is 12.3. The highest BCUT2D eigenvalue weighted by molar-refractivity contribution is 5.82. The van der Waals surface area contributed by atoms with Gasteiger partial charge in [0.05, 0.1) is 0 Å². The summed E-state index contributed by atoms with van der Waals surface area (Å²) >= 11 is 0. The molecule has 0 bridgehead atoms. The molecule has 2 fully saturated rings. The summed E-state index contributed by atoms with van der Waals surface area (Å²) in [6, 6.07) is -0.700. The summed E-state index contributed by atoms with van der Waals surface area (Å²) in [4.78, 5) is 27.2. The zero-order chi connectivity index (χ0) is 15.2. The first-order valence-corrected chi connectivity index (χ1v) is 7.75. The lowest BCUT2D eigenvalue weighted by Gasteiger charge is -2.38. The molecule has 7 heteroatoms. The van der Waals surface area contributed by atoms with Crippen LogP contribution >= 0.6 is 0 Å². The molecular formula is C14H25N3O4. The highest BCUT2D eigenvalue weighted by Gasteiger charge is 2.29. The van der Waals surface area contributed by atoms with Crippen LogP contribution < -0.4 is 5.32 Å². The average molecular weight is 299 g/mol. The van der Waals surface area contributed by atoms with E-state index in [-0.39, 0.29) is 19.1 Å². The number of aliphatic hydroxyl groups excluding tert-OH is 1. The van der Waals surface area contributed by atoms with Crippen molar-refractivity contribution in [2.45, 2.75) is 44.2 Å². The highest BCUT2D eigenvalue weighted by Crippen LogP contribution is 2.24. The minimum atomic E-state index is -1.11. The molecule has 1 saturated heterocycles. The predicted molar refractivity (Wildman–Crippen MR) is 77.1 cm³/mol. The number of carboxylic acid groups (broad SMARTS) is 1. The van der Waals surface area contributed by atoms with E-state index < -0.39 is 12.0 Å². The molecule has 3 N–H and O–H groups in total. The Morgan fingerprint density at radius 2 is 1.76 bits per heavy atom. The number of rotatable bonds is 5. The summed E-state index contributed by atoms with van der Waals surface area (Å²) in [5, 5.41) is 20.3. The molecule has 0 radical (unpaired) electrons. The Balaban J connectivity index is 1.78. The van der Waals surface area contributed by atoms with Crippen molar-refractivity contribution in [2.75, 3.05) is 32.8 Å². The van der Waals surface area contributed by atoms with E-state index in [4.69, 9.17) is 10.2 Å². The van der Waals surface area contributed by atoms with Crippen molar-refractivity contribution < 1.29 is 19.8 Å². The van der Waals surface area contributed by atoms with E-state index >= 15 is 0 Å². The maximum absolute atomic E-state index is 12.1. The van der Waals surface area contributed by atoms with E-state index in [1.165, 1.54) is 25.7 Å². The number of piperazine rings is 1. The van der Waals surface area contributed by atoms with Crippen molar-refractivity contribution in [3.05, 3.63) is 0 Å². The van der Waals surface area contributed by atoms with Crippen LogP contribution in [0.25, 0.3) is 0 Å². The molecule has 2 rings (SSSR count). The molecule has 1 aliphatic carbocycles. The fourth-order valence-corrected chi connectivity index (χ4v) is 3.19. The summed E-state index contributed by atoms with van der Waals surface area (Å²) in [6.07, 6.45) is 5.14. The molecule has 1 atom stereocenters. The maximum Gasteiger partial charge on any atom is 0.326 e. The Morgan fingerprint density at radius 1 is 1.14 bits per heavy atom. The number of nitrogens with one attached hydrogen (secondary N) is 1. The van der Waals surface area contributed by atoms with Gasteiger partial charge in [-0.1, -0.05) is 12.8 Å². The molecule has 0 aromatic heterocycles. The van der Waals surface area contributed by atoms with Gasteiger partial charge in [-0.3, -0.25) is 4.90 Å². The van der Waals surface area contributed by atoms with Gasteiger partial charge in [0.2, 0.25) is 0 Å². The van der Waals surface area contributed by atoms with Crippen LogP contribution in [0.3, 0.4) is 0 Å². The number of hydrogen-bond donors (Lipinski definition) is 3. The lowest BCUT2D eigenvalue weighted by atomic mass is 10.2. The summed E-state index contributed by atoms with van der Waals surface area (Å²) in [5.74, 6) is -1.11. The highest BCUT2D eigenvalue weighted by atomic mass is 16.4. The number of amides is 2. The van der Waals surface area contributed by atoms with Crippen LogP contribution in [0.1, 0.15) is 32.1 Å². The van der Waals surface area contributed by atoms with E-state index in [1.807, 2.05) is 0 Å². The maximum atomic E-state index is 12.1. The summed E-state index contributed by atoms with van der Waals surface area (Å²) in [7, 11) is 0. The molecule has 0 aromatic carbocycles. The van der Waals surface area contributed by atoms with Crippen molar-refractivity contribution in [1.29, 1.82) is 0 Å². The zero-order valence-electron chi connectivity index (χ0n) is 12.3. The largest absolute Gasteiger partial charge is 0.480 e. The van der Waals surface area contributed by atoms with Crippen LogP contribution in [0.2, 0.25) is 0 Å². The minimum Gasteiger partial charge on any atom is -0.480 e. The van der Waals surface area contributed by atoms with Gasteiger partial charge in [0.1, 0.15) is 6.04 Å². The van der Waals surface area contributed by atoms with Crippen LogP contribution in [-0.2, 0) is 4.79 Å². The standard InChI is InChI=1S/C14H25N3O4/c18-10-5-12(13(19)20)15-14(21)17-8-6-16(7-9-17)11-3-1-2-4-11/h11-12,18H,1-10H2,(H,15,21)(H,19,20)/t12-/m1/s1. The molecular weight excluding hydrogens is 274 g/mol. The first-order chi connectivity index (χ1) is 10.1. The number of aliphatic carboxylic acids is 1. The third kappa shape index (κ3) is 4.31. The van der Waals surface area contributed by atoms with Gasteiger partial charge in [-0.15, -0.1) is 0 Å². The van der Waals surface area contributed by atoms with Crippen LogP contribution in [-0.4, -0.2) is 76.9 Å². The molecule has 120 valence electrons. The monoisotopic (exact) mass is 299 g/mol. The normalized spacial score (nSPS) is 22.2. The van der Waals surface area contributed by atoms with Gasteiger partial charge < -0.3 is 20.4 Å². The Labute approximate surface area is 124 Å². The SMILES string of the molecule is O=C(O)[C@@H](CCO)NC(=O)N1CCN(C2CCCC2)CC1. The lowest BCUT2D eigenvalue weighted by Crippen LogP contribution is -2.56. The van der Waals surface area contributed by atoms with Gasteiger partial charge in [-0.2, -0.15) is 0 Å². The van der Waals surface area contributed by atoms with E-state index in [9.17, 15) is 9.59 Å². The van der Waals surface area contributed by atoms with Gasteiger partial charge in [-0.25, -0.2) is 9.59 Å². The van der Waals surface area contributed by atoms with Gasteiger partial charge in [0.25, 0.3) is 0 Å². The number of hydrogen-bond acceptors (Lipinski definition) is 4. The second-order valence-electron chi connectivity index (χ2n) is 5.81. The second kappa shape index (κ2) is 7.61. The van der Waals surface area contributed by atoms with Gasteiger partial charge >= 0.3 is 12.0 Å². The van der Waals surface area contributed by atoms with Crippen LogP contribution in [0, 0.1) is 0 Å². The summed E-state index contributed by atoms with van der Waals surface area (Å²) in [5.41, 5.74) is 0. The smallest absolute Gasteiger partial charge is 0.326 e. The van der Waals surface area contributed by atoms with Gasteiger partial charge in [0, 0.05) is 45.2 Å². The molecule has 7 nitrogen and oxygen atoms in total. The number of carbonyl (C=O) groups excluding carboxylic acids is 1. The van der Waals surface area contributed by atoms with Crippen molar-refractivity contribution in [1.82, 2.24) is 15.1 Å². The van der Waals surface area contributed by atoms with Crippen molar-refractivity contribution in [2.24, 2.45) is 0 Å². The first-order valence-electron chi connectivity index (χ1n) is 7.75. The number of nitrogens with zero attached hydrogens (tertiary/aromatic N) is 2. The van der Waals surface area contributed by atoms with E-state index in [0.29, 0.717) is 19.1 Å². The minimum absolute atomic E-state index is 0.0309. The van der Waals surface area contributed by atoms with E-state index in [2.05, 4.69) is 10.2 Å². The van der Waals surface area contributed by atoms with Crippen molar-refractivity contribution in [3.8, 4) is 0 Å². The Kier molecular flexibility index (Phi) is 5.81. The molecule has 0 unspecified atom stereocenters. The topological polar surface area (TPSA) is 93.1 Å². The number of carbonyl (C=O) groups is 2. The van der Waals surface area contributed by atoms with Crippen LogP contribution in [0.4, 0.5) is 4.79 Å². The fraction of sp³-hybridized carbons (Fsp3) is 0.857. The third-order valence-electron chi connectivity index (χ3n) is 4.46. The number of aliphatic hydroxyl groups is 1. The Morgan fingerprint density at radius 3 is 2.29 bits per heavy atom. The Bertz CT molecular complexity index is 363. The predicted octanol–water partition coefficient (Wildman–Crippen LogP) is 0.0918. The van der Waals surface area contributed by atoms with Gasteiger partial charge in [-0.05, 0) is 12.8 Å². The van der Waals surface area contributed by atoms with E-state index in [1.54, 1.807) is 4.90 Å². The molecule has 1 aliphatic heterocycles. The number of urea groups is 1. The molecule has 0 aromatic rings. The average Bonchev–Trinajstić information content (AvgIpc) is 3.01. The molecule has 0 spiro atoms. The molecule has 21 heavy (non-hydrogen) atoms. The fourth-order valence-electron chi connectivity index (χ4n) is 3.19. The summed E-state index contributed by atoms with van der Waals surface area (Å²) < 4.78 is 0. The molecule has 1 saturated carbocycles. The molecule has 1 heterocycles. The molecule has 2 amide bonds. The molecule has 2 aliphatic rings. The van der Waals surface area contributed by atoms with E-state index in [0.717, 1.165) is 13.1 Å². The van der Waals surface area contributed by atoms with Crippen LogP contribution in [0.5, 0.6) is 0 Å². The third-order valence-corrected chi connectivity index (χ3v) is 4.46. The summed E-state index contributed by atoms with van der Waals surface area (Å²) in [6.45, 7) is 2.72.